The van der Waals surface area contributed by atoms with Crippen molar-refractivity contribution in [2.24, 2.45) is 10.1 Å². The molecule has 1 aliphatic rings. The smallest absolute Gasteiger partial charge is 0.266 e. The molecular weight excluding hydrogens is 660 g/mol. The van der Waals surface area contributed by atoms with Crippen LogP contribution in [0.4, 0.5) is 0 Å². The van der Waals surface area contributed by atoms with E-state index in [0.717, 1.165) is 34.0 Å². The maximum Gasteiger partial charge on any atom is 0.266 e. The molecule has 0 saturated heterocycles. The largest absolute Gasteiger partial charge is 0.494 e. The van der Waals surface area contributed by atoms with Gasteiger partial charge in [-0.3, -0.25) is 10.2 Å². The van der Waals surface area contributed by atoms with Crippen LogP contribution >= 0.6 is 15.9 Å². The molecule has 2 atom stereocenters. The molecule has 0 aliphatic carbocycles. The quantitative estimate of drug-likeness (QED) is 0.0390. The minimum absolute atomic E-state index is 0.0528. The van der Waals surface area contributed by atoms with Crippen molar-refractivity contribution in [2.75, 3.05) is 19.8 Å². The Bertz CT molecular complexity index is 1710. The molecule has 1 amide bonds. The summed E-state index contributed by atoms with van der Waals surface area (Å²) in [7, 11) is 0. The second-order valence-corrected chi connectivity index (χ2v) is 12.0. The number of rotatable bonds is 16. The van der Waals surface area contributed by atoms with E-state index < -0.39 is 11.6 Å². The molecule has 1 heterocycles. The van der Waals surface area contributed by atoms with Crippen LogP contribution in [0.2, 0.25) is 0 Å². The van der Waals surface area contributed by atoms with Crippen molar-refractivity contribution < 1.29 is 19.4 Å². The van der Waals surface area contributed by atoms with E-state index in [4.69, 9.17) is 25.1 Å². The van der Waals surface area contributed by atoms with Gasteiger partial charge in [0.2, 0.25) is 5.90 Å². The van der Waals surface area contributed by atoms with E-state index in [1.807, 2.05) is 91.0 Å². The SMILES string of the molecule is [N-]=[N+]=NCc1ccccc1C[C@]1(C(=O)NNCCCc2ccccc2)N=C(c2ccc(OCCCO)cc2)O[C@H]1c1ccccc1Br. The average molecular weight is 698 g/mol. The molecule has 0 bridgehead atoms. The number of aliphatic imine (C=N–C) groups is 1. The van der Waals surface area contributed by atoms with Crippen LogP contribution in [0.3, 0.4) is 0 Å². The van der Waals surface area contributed by atoms with Gasteiger partial charge in [-0.25, -0.2) is 10.4 Å². The van der Waals surface area contributed by atoms with Crippen molar-refractivity contribution in [1.82, 2.24) is 10.9 Å². The molecule has 0 unspecified atom stereocenters. The molecular formula is C36H37BrN6O4. The van der Waals surface area contributed by atoms with Crippen LogP contribution < -0.4 is 15.6 Å². The third-order valence-electron chi connectivity index (χ3n) is 7.91. The second kappa shape index (κ2) is 16.8. The molecule has 0 aromatic heterocycles. The summed E-state index contributed by atoms with van der Waals surface area (Å²) >= 11 is 3.68. The number of amides is 1. The lowest BCUT2D eigenvalue weighted by Crippen LogP contribution is -2.54. The number of nitrogens with one attached hydrogen (secondary N) is 2. The summed E-state index contributed by atoms with van der Waals surface area (Å²) in [6.07, 6.45) is 1.60. The van der Waals surface area contributed by atoms with Gasteiger partial charge < -0.3 is 14.6 Å². The number of azide groups is 1. The molecule has 4 aromatic rings. The van der Waals surface area contributed by atoms with Crippen molar-refractivity contribution in [1.29, 1.82) is 0 Å². The van der Waals surface area contributed by atoms with Crippen molar-refractivity contribution in [3.63, 3.8) is 0 Å². The Labute approximate surface area is 282 Å². The molecule has 0 radical (unpaired) electrons. The summed E-state index contributed by atoms with van der Waals surface area (Å²) in [4.78, 5) is 22.6. The Kier molecular flexibility index (Phi) is 12.0. The number of ether oxygens (including phenoxy) is 2. The minimum atomic E-state index is -1.44. The molecule has 0 fully saturated rings. The van der Waals surface area contributed by atoms with Crippen LogP contribution in [0.1, 0.15) is 46.8 Å². The number of aryl methyl sites for hydroxylation is 1. The van der Waals surface area contributed by atoms with E-state index >= 15 is 0 Å². The molecule has 10 nitrogen and oxygen atoms in total. The summed E-state index contributed by atoms with van der Waals surface area (Å²) < 4.78 is 13.1. The van der Waals surface area contributed by atoms with Crippen molar-refractivity contribution in [2.45, 2.75) is 43.9 Å². The number of hydrogen-bond acceptors (Lipinski definition) is 7. The highest BCUT2D eigenvalue weighted by Gasteiger charge is 2.54. The van der Waals surface area contributed by atoms with Crippen molar-refractivity contribution in [3.8, 4) is 5.75 Å². The summed E-state index contributed by atoms with van der Waals surface area (Å²) in [6.45, 7) is 1.14. The zero-order valence-electron chi connectivity index (χ0n) is 25.9. The van der Waals surface area contributed by atoms with E-state index in [2.05, 4.69) is 48.9 Å². The number of nitrogens with zero attached hydrogens (tertiary/aromatic N) is 4. The highest BCUT2D eigenvalue weighted by atomic mass is 79.9. The minimum Gasteiger partial charge on any atom is -0.494 e. The third-order valence-corrected chi connectivity index (χ3v) is 8.63. The highest BCUT2D eigenvalue weighted by molar-refractivity contribution is 9.10. The van der Waals surface area contributed by atoms with Gasteiger partial charge in [-0.2, -0.15) is 0 Å². The zero-order valence-corrected chi connectivity index (χ0v) is 27.5. The average Bonchev–Trinajstić information content (AvgIpc) is 3.49. The van der Waals surface area contributed by atoms with Gasteiger partial charge in [-0.05, 0) is 65.4 Å². The summed E-state index contributed by atoms with van der Waals surface area (Å²) in [6, 6.07) is 32.7. The van der Waals surface area contributed by atoms with Crippen molar-refractivity contribution >= 4 is 27.7 Å². The molecule has 1 aliphatic heterocycles. The molecule has 242 valence electrons. The lowest BCUT2D eigenvalue weighted by Gasteiger charge is -2.32. The van der Waals surface area contributed by atoms with Gasteiger partial charge in [0.05, 0.1) is 13.2 Å². The third kappa shape index (κ3) is 8.58. The van der Waals surface area contributed by atoms with Gasteiger partial charge in [0.1, 0.15) is 5.75 Å². The molecule has 47 heavy (non-hydrogen) atoms. The predicted molar refractivity (Wildman–Crippen MR) is 185 cm³/mol. The van der Waals surface area contributed by atoms with Gasteiger partial charge in [-0.15, -0.1) is 0 Å². The number of carbonyl (C=O) groups excluding carboxylic acids is 1. The lowest BCUT2D eigenvalue weighted by atomic mass is 9.81. The number of benzene rings is 4. The first kappa shape index (κ1) is 33.7. The first-order valence-electron chi connectivity index (χ1n) is 15.5. The summed E-state index contributed by atoms with van der Waals surface area (Å²) in [5.74, 6) is 0.619. The molecule has 0 saturated carbocycles. The number of aliphatic hydroxyl groups is 1. The van der Waals surface area contributed by atoms with Crippen LogP contribution in [0.25, 0.3) is 10.4 Å². The molecule has 0 spiro atoms. The topological polar surface area (TPSA) is 141 Å². The van der Waals surface area contributed by atoms with Gasteiger partial charge in [-0.1, -0.05) is 93.8 Å². The Hall–Kier alpha value is -4.67. The Balaban J connectivity index is 1.50. The van der Waals surface area contributed by atoms with E-state index in [0.29, 0.717) is 36.8 Å². The predicted octanol–water partition coefficient (Wildman–Crippen LogP) is 6.77. The fraction of sp³-hybridized carbons (Fsp3) is 0.278. The number of hydrazine groups is 1. The number of aliphatic hydroxyl groups excluding tert-OH is 1. The summed E-state index contributed by atoms with van der Waals surface area (Å²) in [5, 5.41) is 12.9. The van der Waals surface area contributed by atoms with E-state index in [1.165, 1.54) is 5.56 Å². The Morgan fingerprint density at radius 1 is 0.979 bits per heavy atom. The van der Waals surface area contributed by atoms with E-state index in [1.54, 1.807) is 0 Å². The summed E-state index contributed by atoms with van der Waals surface area (Å²) in [5.41, 5.74) is 18.0. The molecule has 3 N–H and O–H groups in total. The number of halogens is 1. The van der Waals surface area contributed by atoms with Crippen LogP contribution in [0, 0.1) is 0 Å². The molecule has 5 rings (SSSR count). The molecule has 11 heteroatoms. The first-order valence-corrected chi connectivity index (χ1v) is 16.3. The van der Waals surface area contributed by atoms with Gasteiger partial charge >= 0.3 is 0 Å². The van der Waals surface area contributed by atoms with E-state index in [-0.39, 0.29) is 25.5 Å². The maximum atomic E-state index is 14.5. The first-order chi connectivity index (χ1) is 23.0. The zero-order chi connectivity index (χ0) is 32.9. The number of hydrogen-bond donors (Lipinski definition) is 3. The second-order valence-electron chi connectivity index (χ2n) is 11.1. The van der Waals surface area contributed by atoms with Crippen molar-refractivity contribution in [3.05, 3.63) is 146 Å². The van der Waals surface area contributed by atoms with Crippen LogP contribution in [0.15, 0.2) is 118 Å². The van der Waals surface area contributed by atoms with Crippen LogP contribution in [-0.2, 0) is 28.9 Å². The maximum absolute atomic E-state index is 14.5. The molecule has 4 aromatic carbocycles. The van der Waals surface area contributed by atoms with Crippen LogP contribution in [0.5, 0.6) is 5.75 Å². The van der Waals surface area contributed by atoms with E-state index in [9.17, 15) is 4.79 Å². The number of carbonyl (C=O) groups is 1. The van der Waals surface area contributed by atoms with Gasteiger partial charge in [0.15, 0.2) is 11.6 Å². The van der Waals surface area contributed by atoms with Crippen LogP contribution in [-0.4, -0.2) is 42.2 Å². The normalized spacial score (nSPS) is 16.9. The monoisotopic (exact) mass is 696 g/mol. The van der Waals surface area contributed by atoms with Gasteiger partial charge in [0, 0.05) is 46.5 Å². The standard InChI is InChI=1S/C36H37BrN6O4/c37-32-16-7-6-15-31(32)33-36(24-28-13-4-5-14-29(28)25-40-43-38,35(45)42-39-21-8-12-26-10-2-1-3-11-26)41-34(47-33)27-17-19-30(20-18-27)46-23-9-22-44/h1-7,10-11,13-20,33,39,44H,8-9,12,21-25H2,(H,42,45)/t33-,36-/m0/s1. The Morgan fingerprint density at radius 2 is 1.70 bits per heavy atom. The fourth-order valence-electron chi connectivity index (χ4n) is 5.51. The lowest BCUT2D eigenvalue weighted by molar-refractivity contribution is -0.130. The van der Waals surface area contributed by atoms with Gasteiger partial charge in [0.25, 0.3) is 5.91 Å². The Morgan fingerprint density at radius 3 is 2.45 bits per heavy atom. The fourth-order valence-corrected chi connectivity index (χ4v) is 6.00. The highest BCUT2D eigenvalue weighted by Crippen LogP contribution is 2.45.